The van der Waals surface area contributed by atoms with Gasteiger partial charge in [-0.15, -0.1) is 0 Å². The van der Waals surface area contributed by atoms with E-state index in [1.165, 1.54) is 4.31 Å². The molecular weight excluding hydrogens is 332 g/mol. The van der Waals surface area contributed by atoms with Gasteiger partial charge in [-0.1, -0.05) is 6.92 Å². The van der Waals surface area contributed by atoms with Gasteiger partial charge < -0.3 is 14.6 Å². The van der Waals surface area contributed by atoms with E-state index >= 15 is 0 Å². The number of aromatic nitrogens is 2. The fraction of sp³-hybridized carbons (Fsp3) is 0.733. The Kier molecular flexibility index (Phi) is 6.36. The molecule has 0 saturated carbocycles. The first-order chi connectivity index (χ1) is 11.5. The monoisotopic (exact) mass is 358 g/mol. The maximum absolute atomic E-state index is 12.8. The van der Waals surface area contributed by atoms with Crippen molar-refractivity contribution in [1.82, 2.24) is 19.2 Å². The maximum atomic E-state index is 12.8. The molecule has 136 valence electrons. The quantitative estimate of drug-likeness (QED) is 0.669. The van der Waals surface area contributed by atoms with Gasteiger partial charge in [0, 0.05) is 39.1 Å². The average Bonchev–Trinajstić information content (AvgIpc) is 3.10. The molecule has 0 unspecified atom stereocenters. The van der Waals surface area contributed by atoms with Crippen LogP contribution < -0.4 is 5.32 Å². The van der Waals surface area contributed by atoms with E-state index in [2.05, 4.69) is 10.3 Å². The summed E-state index contributed by atoms with van der Waals surface area (Å²) in [5.41, 5.74) is -0.803. The molecule has 0 bridgehead atoms. The first kappa shape index (κ1) is 18.9. The molecule has 1 aliphatic rings. The van der Waals surface area contributed by atoms with Gasteiger partial charge in [0.2, 0.25) is 15.9 Å². The van der Waals surface area contributed by atoms with Crippen LogP contribution in [0.1, 0.15) is 26.2 Å². The minimum atomic E-state index is -3.24. The Hall–Kier alpha value is -1.45. The molecule has 1 aliphatic heterocycles. The van der Waals surface area contributed by atoms with Crippen LogP contribution in [0, 0.1) is 0 Å². The van der Waals surface area contributed by atoms with Crippen LogP contribution in [-0.2, 0) is 25.1 Å². The van der Waals surface area contributed by atoms with E-state index in [1.54, 1.807) is 30.4 Å². The second-order valence-corrected chi connectivity index (χ2v) is 8.05. The van der Waals surface area contributed by atoms with E-state index in [1.807, 2.05) is 6.92 Å². The third kappa shape index (κ3) is 3.96. The van der Waals surface area contributed by atoms with Crippen molar-refractivity contribution >= 4 is 15.9 Å². The highest BCUT2D eigenvalue weighted by atomic mass is 32.2. The zero-order valence-corrected chi connectivity index (χ0v) is 15.1. The third-order valence-electron chi connectivity index (χ3n) is 4.42. The molecular formula is C15H26N4O4S. The molecule has 0 aliphatic carbocycles. The number of nitrogens with one attached hydrogen (secondary N) is 1. The number of piperidine rings is 1. The summed E-state index contributed by atoms with van der Waals surface area (Å²) < 4.78 is 32.8. The minimum Gasteiger partial charge on any atom is -0.383 e. The van der Waals surface area contributed by atoms with Crippen LogP contribution >= 0.6 is 0 Å². The molecule has 1 saturated heterocycles. The van der Waals surface area contributed by atoms with Crippen LogP contribution in [0.25, 0.3) is 0 Å². The van der Waals surface area contributed by atoms with Crippen molar-refractivity contribution in [2.75, 3.05) is 39.1 Å². The molecule has 1 amide bonds. The Labute approximate surface area is 143 Å². The van der Waals surface area contributed by atoms with Crippen LogP contribution in [0.15, 0.2) is 18.7 Å². The first-order valence-electron chi connectivity index (χ1n) is 8.20. The lowest BCUT2D eigenvalue weighted by molar-refractivity contribution is -0.132. The van der Waals surface area contributed by atoms with Gasteiger partial charge in [-0.05, 0) is 19.3 Å². The van der Waals surface area contributed by atoms with Crippen molar-refractivity contribution in [1.29, 1.82) is 0 Å². The number of ether oxygens (including phenoxy) is 1. The molecule has 2 heterocycles. The van der Waals surface area contributed by atoms with Crippen LogP contribution in [0.3, 0.4) is 0 Å². The van der Waals surface area contributed by atoms with Gasteiger partial charge >= 0.3 is 0 Å². The second kappa shape index (κ2) is 8.09. The summed E-state index contributed by atoms with van der Waals surface area (Å²) in [5.74, 6) is 0.0237. The number of nitrogens with zero attached hydrogens (tertiary/aromatic N) is 3. The number of rotatable bonds is 8. The number of imidazole rings is 1. The largest absolute Gasteiger partial charge is 0.383 e. The van der Waals surface area contributed by atoms with Gasteiger partial charge in [-0.3, -0.25) is 4.79 Å². The van der Waals surface area contributed by atoms with E-state index in [0.29, 0.717) is 45.5 Å². The Bertz CT molecular complexity index is 622. The summed E-state index contributed by atoms with van der Waals surface area (Å²) in [7, 11) is -1.66. The minimum absolute atomic E-state index is 0.120. The van der Waals surface area contributed by atoms with E-state index in [4.69, 9.17) is 4.74 Å². The lowest BCUT2D eigenvalue weighted by Crippen LogP contribution is -2.56. The van der Waals surface area contributed by atoms with Gasteiger partial charge in [-0.25, -0.2) is 17.7 Å². The van der Waals surface area contributed by atoms with Crippen molar-refractivity contribution in [3.8, 4) is 0 Å². The third-order valence-corrected chi connectivity index (χ3v) is 6.49. The number of carbonyl (C=O) groups excluding carboxylic acids is 1. The van der Waals surface area contributed by atoms with E-state index in [-0.39, 0.29) is 11.7 Å². The fourth-order valence-corrected chi connectivity index (χ4v) is 4.58. The number of carbonyl (C=O) groups is 1. The Morgan fingerprint density at radius 2 is 2.08 bits per heavy atom. The topological polar surface area (TPSA) is 93.5 Å². The van der Waals surface area contributed by atoms with Crippen molar-refractivity contribution in [3.63, 3.8) is 0 Å². The van der Waals surface area contributed by atoms with Gasteiger partial charge in [0.1, 0.15) is 5.54 Å². The van der Waals surface area contributed by atoms with E-state index in [9.17, 15) is 13.2 Å². The van der Waals surface area contributed by atoms with Gasteiger partial charge in [-0.2, -0.15) is 0 Å². The van der Waals surface area contributed by atoms with Gasteiger partial charge in [0.25, 0.3) is 0 Å². The molecule has 0 aromatic carbocycles. The van der Waals surface area contributed by atoms with Crippen LogP contribution in [0.5, 0.6) is 0 Å². The number of amides is 1. The molecule has 8 nitrogen and oxygen atoms in total. The zero-order valence-electron chi connectivity index (χ0n) is 14.3. The predicted octanol–water partition coefficient (Wildman–Crippen LogP) is 0.177. The Morgan fingerprint density at radius 1 is 1.38 bits per heavy atom. The van der Waals surface area contributed by atoms with Crippen molar-refractivity contribution < 1.29 is 17.9 Å². The highest BCUT2D eigenvalue weighted by Crippen LogP contribution is 2.31. The number of methoxy groups -OCH3 is 1. The fourth-order valence-electron chi connectivity index (χ4n) is 3.07. The Morgan fingerprint density at radius 3 is 2.62 bits per heavy atom. The molecule has 0 radical (unpaired) electrons. The molecule has 1 aromatic rings. The summed E-state index contributed by atoms with van der Waals surface area (Å²) in [6.45, 7) is 3.36. The lowest BCUT2D eigenvalue weighted by Gasteiger charge is -2.40. The smallest absolute Gasteiger partial charge is 0.246 e. The summed E-state index contributed by atoms with van der Waals surface area (Å²) in [6.07, 6.45) is 6.43. The van der Waals surface area contributed by atoms with Crippen LogP contribution in [0.4, 0.5) is 0 Å². The van der Waals surface area contributed by atoms with E-state index in [0.717, 1.165) is 0 Å². The SMILES string of the molecule is CCCS(=O)(=O)N1CCC(C(=O)NCCOC)(n2ccnc2)CC1. The normalized spacial score (nSPS) is 18.4. The molecule has 2 rings (SSSR count). The van der Waals surface area contributed by atoms with Crippen LogP contribution in [-0.4, -0.2) is 67.3 Å². The number of sulfonamides is 1. The van der Waals surface area contributed by atoms with Crippen molar-refractivity contribution in [2.45, 2.75) is 31.7 Å². The summed E-state index contributed by atoms with van der Waals surface area (Å²) in [4.78, 5) is 16.8. The first-order valence-corrected chi connectivity index (χ1v) is 9.80. The summed E-state index contributed by atoms with van der Waals surface area (Å²) in [6, 6.07) is 0. The molecule has 1 fully saturated rings. The molecule has 1 aromatic heterocycles. The Balaban J connectivity index is 2.15. The summed E-state index contributed by atoms with van der Waals surface area (Å²) >= 11 is 0. The highest BCUT2D eigenvalue weighted by molar-refractivity contribution is 7.89. The highest BCUT2D eigenvalue weighted by Gasteiger charge is 2.44. The lowest BCUT2D eigenvalue weighted by atomic mass is 9.87. The summed E-state index contributed by atoms with van der Waals surface area (Å²) in [5, 5.41) is 2.88. The standard InChI is InChI=1S/C15H26N4O4S/c1-3-12-24(21,22)19-8-4-15(5-9-19,18-10-6-16-13-18)14(20)17-7-11-23-2/h6,10,13H,3-5,7-9,11-12H2,1-2H3,(H,17,20). The average molecular weight is 358 g/mol. The molecule has 0 atom stereocenters. The van der Waals surface area contributed by atoms with Gasteiger partial charge in [0.15, 0.2) is 0 Å². The van der Waals surface area contributed by atoms with Crippen molar-refractivity contribution in [3.05, 3.63) is 18.7 Å². The van der Waals surface area contributed by atoms with Crippen LogP contribution in [0.2, 0.25) is 0 Å². The molecule has 9 heteroatoms. The number of hydrogen-bond donors (Lipinski definition) is 1. The maximum Gasteiger partial charge on any atom is 0.246 e. The molecule has 24 heavy (non-hydrogen) atoms. The zero-order chi connectivity index (χ0) is 17.6. The van der Waals surface area contributed by atoms with E-state index < -0.39 is 15.6 Å². The molecule has 1 N–H and O–H groups in total. The molecule has 0 spiro atoms. The second-order valence-electron chi connectivity index (χ2n) is 5.97. The number of hydrogen-bond acceptors (Lipinski definition) is 5. The van der Waals surface area contributed by atoms with Gasteiger partial charge in [0.05, 0.1) is 18.7 Å². The van der Waals surface area contributed by atoms with Crippen molar-refractivity contribution in [2.24, 2.45) is 0 Å². The predicted molar refractivity (Wildman–Crippen MR) is 90.0 cm³/mol.